The highest BCUT2D eigenvalue weighted by Crippen LogP contribution is 2.26. The fraction of sp³-hybridized carbons (Fsp3) is 0.467. The zero-order valence-electron chi connectivity index (χ0n) is 11.8. The number of oxazole rings is 1. The molecule has 0 radical (unpaired) electrons. The Morgan fingerprint density at radius 2 is 2.43 bits per heavy atom. The van der Waals surface area contributed by atoms with Crippen LogP contribution in [0.25, 0.3) is 11.1 Å². The van der Waals surface area contributed by atoms with Crippen LogP contribution in [-0.2, 0) is 4.79 Å². The number of hydrogen-bond donors (Lipinski definition) is 0. The van der Waals surface area contributed by atoms with Gasteiger partial charge in [0, 0.05) is 18.1 Å². The number of hydrogen-bond acceptors (Lipinski definition) is 4. The largest absolute Gasteiger partial charge is 0.431 e. The van der Waals surface area contributed by atoms with Gasteiger partial charge in [0.2, 0.25) is 5.91 Å². The number of fused-ring (bicyclic) bond motifs is 1. The highest BCUT2D eigenvalue weighted by Gasteiger charge is 2.21. The van der Waals surface area contributed by atoms with Crippen molar-refractivity contribution in [3.05, 3.63) is 23.2 Å². The molecule has 1 saturated heterocycles. The molecule has 1 aromatic heterocycles. The predicted molar refractivity (Wildman–Crippen MR) is 84.7 cm³/mol. The van der Waals surface area contributed by atoms with Crippen LogP contribution >= 0.6 is 23.4 Å². The van der Waals surface area contributed by atoms with E-state index >= 15 is 0 Å². The standard InChI is InChI=1S/C15H17ClN2O2S/c1-10-3-2-6-18(8-10)14(19)9-21-15-17-12-7-11(16)4-5-13(12)20-15/h4-5,7,10H,2-3,6,8-9H2,1H3/t10-/m1/s1. The van der Waals surface area contributed by atoms with Crippen molar-refractivity contribution in [2.24, 2.45) is 5.92 Å². The van der Waals surface area contributed by atoms with Crippen molar-refractivity contribution in [3.8, 4) is 0 Å². The number of amides is 1. The minimum Gasteiger partial charge on any atom is -0.431 e. The van der Waals surface area contributed by atoms with Gasteiger partial charge >= 0.3 is 0 Å². The zero-order chi connectivity index (χ0) is 14.8. The molecule has 21 heavy (non-hydrogen) atoms. The summed E-state index contributed by atoms with van der Waals surface area (Å²) in [4.78, 5) is 18.5. The van der Waals surface area contributed by atoms with Crippen LogP contribution in [-0.4, -0.2) is 34.6 Å². The molecule has 0 aliphatic carbocycles. The Morgan fingerprint density at radius 3 is 3.24 bits per heavy atom. The van der Waals surface area contributed by atoms with Crippen molar-refractivity contribution >= 4 is 40.4 Å². The summed E-state index contributed by atoms with van der Waals surface area (Å²) in [5.41, 5.74) is 1.42. The van der Waals surface area contributed by atoms with Gasteiger partial charge in [0.05, 0.1) is 5.75 Å². The van der Waals surface area contributed by atoms with Gasteiger partial charge in [-0.2, -0.15) is 0 Å². The summed E-state index contributed by atoms with van der Waals surface area (Å²) in [5, 5.41) is 1.15. The highest BCUT2D eigenvalue weighted by molar-refractivity contribution is 7.99. The molecule has 2 heterocycles. The van der Waals surface area contributed by atoms with E-state index < -0.39 is 0 Å². The summed E-state index contributed by atoms with van der Waals surface area (Å²) in [5.74, 6) is 1.12. The molecule has 0 bridgehead atoms. The van der Waals surface area contributed by atoms with E-state index in [0.29, 0.717) is 27.5 Å². The average molecular weight is 325 g/mol. The topological polar surface area (TPSA) is 46.3 Å². The second-order valence-corrected chi connectivity index (χ2v) is 6.83. The van der Waals surface area contributed by atoms with Crippen LogP contribution in [0.5, 0.6) is 0 Å². The molecule has 112 valence electrons. The predicted octanol–water partition coefficient (Wildman–Crippen LogP) is 3.83. The van der Waals surface area contributed by atoms with Crippen LogP contribution < -0.4 is 0 Å². The van der Waals surface area contributed by atoms with Crippen LogP contribution in [0.15, 0.2) is 27.8 Å². The molecule has 1 amide bonds. The van der Waals surface area contributed by atoms with E-state index in [-0.39, 0.29) is 5.91 Å². The number of rotatable bonds is 3. The number of carbonyl (C=O) groups excluding carboxylic acids is 1. The van der Waals surface area contributed by atoms with Gasteiger partial charge < -0.3 is 9.32 Å². The maximum atomic E-state index is 12.2. The van der Waals surface area contributed by atoms with Gasteiger partial charge in [0.15, 0.2) is 5.58 Å². The first-order valence-corrected chi connectivity index (χ1v) is 8.45. The normalized spacial score (nSPS) is 19.1. The Labute approximate surface area is 132 Å². The SMILES string of the molecule is C[C@@H]1CCCN(C(=O)CSc2nc3cc(Cl)ccc3o2)C1. The van der Waals surface area contributed by atoms with Crippen molar-refractivity contribution in [1.29, 1.82) is 0 Å². The second-order valence-electron chi connectivity index (χ2n) is 5.47. The molecule has 1 aliphatic rings. The summed E-state index contributed by atoms with van der Waals surface area (Å²) in [6.45, 7) is 3.92. The van der Waals surface area contributed by atoms with Crippen LogP contribution in [0, 0.1) is 5.92 Å². The van der Waals surface area contributed by atoms with Crippen molar-refractivity contribution in [2.75, 3.05) is 18.8 Å². The van der Waals surface area contributed by atoms with Gasteiger partial charge in [0.25, 0.3) is 5.22 Å². The molecule has 2 aromatic rings. The molecule has 3 rings (SSSR count). The maximum absolute atomic E-state index is 12.2. The molecule has 1 atom stereocenters. The van der Waals surface area contributed by atoms with Crippen LogP contribution in [0.2, 0.25) is 5.02 Å². The van der Waals surface area contributed by atoms with Crippen LogP contribution in [0.4, 0.5) is 0 Å². The van der Waals surface area contributed by atoms with Gasteiger partial charge in [-0.3, -0.25) is 4.79 Å². The number of aromatic nitrogens is 1. The molecule has 1 fully saturated rings. The fourth-order valence-electron chi connectivity index (χ4n) is 2.57. The van der Waals surface area contributed by atoms with E-state index in [9.17, 15) is 4.79 Å². The van der Waals surface area contributed by atoms with E-state index in [4.69, 9.17) is 16.0 Å². The summed E-state index contributed by atoms with van der Waals surface area (Å²) in [6.07, 6.45) is 2.31. The summed E-state index contributed by atoms with van der Waals surface area (Å²) >= 11 is 7.26. The summed E-state index contributed by atoms with van der Waals surface area (Å²) in [7, 11) is 0. The van der Waals surface area contributed by atoms with Crippen LogP contribution in [0.1, 0.15) is 19.8 Å². The highest BCUT2D eigenvalue weighted by atomic mass is 35.5. The molecule has 0 N–H and O–H groups in total. The molecule has 0 spiro atoms. The van der Waals surface area contributed by atoms with E-state index in [1.807, 2.05) is 4.90 Å². The van der Waals surface area contributed by atoms with E-state index in [1.54, 1.807) is 18.2 Å². The Kier molecular flexibility index (Phi) is 4.40. The van der Waals surface area contributed by atoms with Gasteiger partial charge in [-0.15, -0.1) is 0 Å². The number of likely N-dealkylation sites (tertiary alicyclic amines) is 1. The number of carbonyl (C=O) groups is 1. The molecule has 1 aliphatic heterocycles. The second kappa shape index (κ2) is 6.28. The third kappa shape index (κ3) is 3.52. The third-order valence-corrected chi connectivity index (χ3v) is 4.71. The average Bonchev–Trinajstić information content (AvgIpc) is 2.86. The lowest BCUT2D eigenvalue weighted by atomic mass is 10.0. The molecule has 6 heteroatoms. The third-order valence-electron chi connectivity index (χ3n) is 3.66. The lowest BCUT2D eigenvalue weighted by Crippen LogP contribution is -2.40. The maximum Gasteiger partial charge on any atom is 0.257 e. The van der Waals surface area contributed by atoms with Crippen molar-refractivity contribution in [1.82, 2.24) is 9.88 Å². The molecule has 0 saturated carbocycles. The minimum atomic E-state index is 0.159. The van der Waals surface area contributed by atoms with Crippen molar-refractivity contribution < 1.29 is 9.21 Å². The van der Waals surface area contributed by atoms with Crippen LogP contribution in [0.3, 0.4) is 0 Å². The van der Waals surface area contributed by atoms with E-state index in [1.165, 1.54) is 18.2 Å². The Balaban J connectivity index is 1.61. The quantitative estimate of drug-likeness (QED) is 0.805. The summed E-state index contributed by atoms with van der Waals surface area (Å²) < 4.78 is 5.60. The van der Waals surface area contributed by atoms with Gasteiger partial charge in [-0.25, -0.2) is 4.98 Å². The first kappa shape index (κ1) is 14.7. The molecule has 4 nitrogen and oxygen atoms in total. The van der Waals surface area contributed by atoms with E-state index in [0.717, 1.165) is 25.0 Å². The Bertz CT molecular complexity index is 658. The Hall–Kier alpha value is -1.20. The number of piperidine rings is 1. The first-order valence-electron chi connectivity index (χ1n) is 7.08. The van der Waals surface area contributed by atoms with Gasteiger partial charge in [0.1, 0.15) is 5.52 Å². The van der Waals surface area contributed by atoms with Crippen molar-refractivity contribution in [3.63, 3.8) is 0 Å². The molecular formula is C15H17ClN2O2S. The fourth-order valence-corrected chi connectivity index (χ4v) is 3.48. The lowest BCUT2D eigenvalue weighted by molar-refractivity contribution is -0.130. The zero-order valence-corrected chi connectivity index (χ0v) is 13.4. The van der Waals surface area contributed by atoms with E-state index in [2.05, 4.69) is 11.9 Å². The molecular weight excluding hydrogens is 308 g/mol. The summed E-state index contributed by atoms with van der Waals surface area (Å²) in [6, 6.07) is 5.32. The number of thioether (sulfide) groups is 1. The molecule has 1 aromatic carbocycles. The number of benzene rings is 1. The number of halogens is 1. The van der Waals surface area contributed by atoms with Gasteiger partial charge in [-0.05, 0) is 37.0 Å². The monoisotopic (exact) mass is 324 g/mol. The Morgan fingerprint density at radius 1 is 1.57 bits per heavy atom. The lowest BCUT2D eigenvalue weighted by Gasteiger charge is -2.30. The first-order chi connectivity index (χ1) is 10.1. The van der Waals surface area contributed by atoms with Crippen molar-refractivity contribution in [2.45, 2.75) is 25.0 Å². The minimum absolute atomic E-state index is 0.159. The number of nitrogens with zero attached hydrogens (tertiary/aromatic N) is 2. The van der Waals surface area contributed by atoms with Gasteiger partial charge in [-0.1, -0.05) is 30.3 Å². The smallest absolute Gasteiger partial charge is 0.257 e. The molecule has 0 unspecified atom stereocenters.